The van der Waals surface area contributed by atoms with E-state index in [-0.39, 0.29) is 0 Å². The van der Waals surface area contributed by atoms with E-state index < -0.39 is 0 Å². The van der Waals surface area contributed by atoms with Crippen molar-refractivity contribution in [3.8, 4) is 12.3 Å². The summed E-state index contributed by atoms with van der Waals surface area (Å²) in [6.07, 6.45) is 12.1. The molecule has 1 saturated carbocycles. The Balaban J connectivity index is 2.41. The third-order valence-corrected chi connectivity index (χ3v) is 2.45. The van der Waals surface area contributed by atoms with E-state index in [4.69, 9.17) is 6.42 Å². The molecule has 1 rings (SSSR count). The van der Waals surface area contributed by atoms with E-state index in [9.17, 15) is 4.79 Å². The van der Waals surface area contributed by atoms with Gasteiger partial charge in [-0.3, -0.25) is 4.79 Å². The molecule has 0 aromatic carbocycles. The van der Waals surface area contributed by atoms with Gasteiger partial charge in [0.1, 0.15) is 0 Å². The average Bonchev–Trinajstić information content (AvgIpc) is 2.15. The summed E-state index contributed by atoms with van der Waals surface area (Å²) in [4.78, 5) is 12.4. The van der Waals surface area contributed by atoms with Gasteiger partial charge in [-0.25, -0.2) is 0 Å². The highest BCUT2D eigenvalue weighted by molar-refractivity contribution is 5.48. The van der Waals surface area contributed by atoms with Crippen LogP contribution in [0.2, 0.25) is 0 Å². The van der Waals surface area contributed by atoms with Crippen molar-refractivity contribution < 1.29 is 4.79 Å². The Hall–Kier alpha value is -0.970. The van der Waals surface area contributed by atoms with Gasteiger partial charge in [0.2, 0.25) is 6.41 Å². The molecule has 2 heteroatoms. The second-order valence-corrected chi connectivity index (χ2v) is 3.27. The van der Waals surface area contributed by atoms with Gasteiger partial charge >= 0.3 is 0 Å². The SMILES string of the molecule is C#CCN(C=O)C1CCCCC1. The fourth-order valence-electron chi connectivity index (χ4n) is 1.77. The van der Waals surface area contributed by atoms with Gasteiger partial charge in [-0.15, -0.1) is 6.42 Å². The highest BCUT2D eigenvalue weighted by Crippen LogP contribution is 2.21. The molecule has 0 aliphatic heterocycles. The zero-order chi connectivity index (χ0) is 8.81. The van der Waals surface area contributed by atoms with E-state index in [1.165, 1.54) is 19.3 Å². The molecule has 0 aromatic rings. The summed E-state index contributed by atoms with van der Waals surface area (Å²) in [5.74, 6) is 2.51. The van der Waals surface area contributed by atoms with Crippen molar-refractivity contribution in [3.05, 3.63) is 0 Å². The van der Waals surface area contributed by atoms with Crippen molar-refractivity contribution in [1.29, 1.82) is 0 Å². The smallest absolute Gasteiger partial charge is 0.210 e. The number of terminal acetylenes is 1. The standard InChI is InChI=1S/C10H15NO/c1-2-8-11(9-12)10-6-4-3-5-7-10/h1,9-10H,3-8H2. The predicted octanol–water partition coefficient (Wildman–Crippen LogP) is 1.41. The lowest BCUT2D eigenvalue weighted by Gasteiger charge is -2.29. The van der Waals surface area contributed by atoms with Crippen molar-refractivity contribution in [3.63, 3.8) is 0 Å². The molecule has 0 atom stereocenters. The Bertz CT molecular complexity index is 177. The first-order valence-corrected chi connectivity index (χ1v) is 4.53. The van der Waals surface area contributed by atoms with E-state index in [0.29, 0.717) is 12.6 Å². The fourth-order valence-corrected chi connectivity index (χ4v) is 1.77. The normalized spacial score (nSPS) is 18.2. The largest absolute Gasteiger partial charge is 0.331 e. The highest BCUT2D eigenvalue weighted by Gasteiger charge is 2.18. The molecule has 0 N–H and O–H groups in total. The minimum atomic E-state index is 0.410. The second kappa shape index (κ2) is 4.82. The van der Waals surface area contributed by atoms with Gasteiger partial charge in [-0.2, -0.15) is 0 Å². The first-order valence-electron chi connectivity index (χ1n) is 4.53. The van der Waals surface area contributed by atoms with Gasteiger partial charge in [0.05, 0.1) is 6.54 Å². The quantitative estimate of drug-likeness (QED) is 0.457. The molecule has 1 fully saturated rings. The number of amides is 1. The van der Waals surface area contributed by atoms with Crippen LogP contribution in [0.5, 0.6) is 0 Å². The molecule has 66 valence electrons. The second-order valence-electron chi connectivity index (χ2n) is 3.27. The maximum atomic E-state index is 10.6. The molecule has 2 nitrogen and oxygen atoms in total. The Morgan fingerprint density at radius 1 is 1.42 bits per heavy atom. The Labute approximate surface area is 73.9 Å². The van der Waals surface area contributed by atoms with Crippen LogP contribution >= 0.6 is 0 Å². The van der Waals surface area contributed by atoms with Crippen LogP contribution in [0.3, 0.4) is 0 Å². The van der Waals surface area contributed by atoms with Crippen LogP contribution in [0.15, 0.2) is 0 Å². The van der Waals surface area contributed by atoms with Crippen LogP contribution in [-0.4, -0.2) is 23.9 Å². The zero-order valence-corrected chi connectivity index (χ0v) is 7.33. The number of carbonyl (C=O) groups is 1. The van der Waals surface area contributed by atoms with Gasteiger partial charge < -0.3 is 4.90 Å². The molecular weight excluding hydrogens is 150 g/mol. The Morgan fingerprint density at radius 3 is 2.58 bits per heavy atom. The molecule has 1 aliphatic carbocycles. The number of nitrogens with zero attached hydrogens (tertiary/aromatic N) is 1. The molecule has 0 heterocycles. The van der Waals surface area contributed by atoms with Crippen molar-refractivity contribution >= 4 is 6.41 Å². The number of carbonyl (C=O) groups excluding carboxylic acids is 1. The molecule has 0 spiro atoms. The van der Waals surface area contributed by atoms with Gasteiger partial charge in [-0.1, -0.05) is 25.2 Å². The Morgan fingerprint density at radius 2 is 2.08 bits per heavy atom. The molecule has 12 heavy (non-hydrogen) atoms. The van der Waals surface area contributed by atoms with Crippen molar-refractivity contribution in [1.82, 2.24) is 4.90 Å². The average molecular weight is 165 g/mol. The molecule has 0 unspecified atom stereocenters. The minimum Gasteiger partial charge on any atom is -0.331 e. The highest BCUT2D eigenvalue weighted by atomic mass is 16.1. The van der Waals surface area contributed by atoms with E-state index in [1.54, 1.807) is 4.90 Å². The summed E-state index contributed by atoms with van der Waals surface area (Å²) in [7, 11) is 0. The van der Waals surface area contributed by atoms with E-state index in [0.717, 1.165) is 19.3 Å². The van der Waals surface area contributed by atoms with E-state index in [1.807, 2.05) is 0 Å². The van der Waals surface area contributed by atoms with Crippen LogP contribution in [0.25, 0.3) is 0 Å². The maximum absolute atomic E-state index is 10.6. The minimum absolute atomic E-state index is 0.410. The van der Waals surface area contributed by atoms with Crippen LogP contribution in [-0.2, 0) is 4.79 Å². The molecule has 1 aliphatic rings. The number of hydrogen-bond acceptors (Lipinski definition) is 1. The van der Waals surface area contributed by atoms with E-state index in [2.05, 4.69) is 5.92 Å². The first-order chi connectivity index (χ1) is 5.88. The summed E-state index contributed by atoms with van der Waals surface area (Å²) in [5, 5.41) is 0. The van der Waals surface area contributed by atoms with Crippen LogP contribution in [0.4, 0.5) is 0 Å². The summed E-state index contributed by atoms with van der Waals surface area (Å²) >= 11 is 0. The van der Waals surface area contributed by atoms with Gasteiger partial charge in [0.25, 0.3) is 0 Å². The van der Waals surface area contributed by atoms with Gasteiger partial charge in [0.15, 0.2) is 0 Å². The number of hydrogen-bond donors (Lipinski definition) is 0. The maximum Gasteiger partial charge on any atom is 0.210 e. The fraction of sp³-hybridized carbons (Fsp3) is 0.700. The topological polar surface area (TPSA) is 20.3 Å². The summed E-state index contributed by atoms with van der Waals surface area (Å²) in [5.41, 5.74) is 0. The monoisotopic (exact) mass is 165 g/mol. The molecule has 0 bridgehead atoms. The van der Waals surface area contributed by atoms with Crippen LogP contribution in [0, 0.1) is 12.3 Å². The molecule has 1 amide bonds. The van der Waals surface area contributed by atoms with Crippen molar-refractivity contribution in [2.45, 2.75) is 38.1 Å². The predicted molar refractivity (Wildman–Crippen MR) is 48.5 cm³/mol. The third-order valence-electron chi connectivity index (χ3n) is 2.45. The van der Waals surface area contributed by atoms with E-state index >= 15 is 0 Å². The molecule has 0 saturated heterocycles. The van der Waals surface area contributed by atoms with Gasteiger partial charge in [0, 0.05) is 6.04 Å². The lowest BCUT2D eigenvalue weighted by molar-refractivity contribution is -0.120. The van der Waals surface area contributed by atoms with Crippen molar-refractivity contribution in [2.24, 2.45) is 0 Å². The third kappa shape index (κ3) is 2.27. The molecule has 0 radical (unpaired) electrons. The summed E-state index contributed by atoms with van der Waals surface area (Å²) in [6, 6.07) is 0.410. The molecule has 0 aromatic heterocycles. The first kappa shape index (κ1) is 9.12. The van der Waals surface area contributed by atoms with Crippen molar-refractivity contribution in [2.75, 3.05) is 6.54 Å². The number of rotatable bonds is 3. The summed E-state index contributed by atoms with van der Waals surface area (Å²) < 4.78 is 0. The lowest BCUT2D eigenvalue weighted by atomic mass is 9.94. The summed E-state index contributed by atoms with van der Waals surface area (Å²) in [6.45, 7) is 0.466. The van der Waals surface area contributed by atoms with Crippen LogP contribution < -0.4 is 0 Å². The Kier molecular flexibility index (Phi) is 3.66. The van der Waals surface area contributed by atoms with Crippen LogP contribution in [0.1, 0.15) is 32.1 Å². The van der Waals surface area contributed by atoms with Gasteiger partial charge in [-0.05, 0) is 12.8 Å². The lowest BCUT2D eigenvalue weighted by Crippen LogP contribution is -2.35. The molecular formula is C10H15NO. The zero-order valence-electron chi connectivity index (χ0n) is 7.33.